The number of aromatic nitrogens is 4. The van der Waals surface area contributed by atoms with Crippen molar-refractivity contribution in [2.45, 2.75) is 26.1 Å². The zero-order valence-corrected chi connectivity index (χ0v) is 20.9. The van der Waals surface area contributed by atoms with Crippen LogP contribution in [0.25, 0.3) is 22.2 Å². The molecule has 0 aliphatic heterocycles. The number of amides is 1. The lowest BCUT2D eigenvalue weighted by atomic mass is 10.1. The normalized spacial score (nSPS) is 11.0. The van der Waals surface area contributed by atoms with E-state index in [9.17, 15) is 9.59 Å². The van der Waals surface area contributed by atoms with Crippen LogP contribution < -0.4 is 21.9 Å². The van der Waals surface area contributed by atoms with E-state index in [1.807, 2.05) is 66.7 Å². The summed E-state index contributed by atoms with van der Waals surface area (Å²) in [7, 11) is 0. The lowest BCUT2D eigenvalue weighted by Crippen LogP contribution is -2.34. The Labute approximate surface area is 219 Å². The topological polar surface area (TPSA) is 131 Å². The largest absolute Gasteiger partial charge is 0.365 e. The van der Waals surface area contributed by atoms with Crippen LogP contribution in [0.15, 0.2) is 90.1 Å². The molecule has 3 heterocycles. The van der Waals surface area contributed by atoms with E-state index in [0.717, 1.165) is 39.7 Å². The Balaban J connectivity index is 1.37. The van der Waals surface area contributed by atoms with Crippen LogP contribution in [0.1, 0.15) is 16.8 Å². The van der Waals surface area contributed by atoms with Gasteiger partial charge in [-0.1, -0.05) is 48.5 Å². The number of pyridine rings is 1. The summed E-state index contributed by atoms with van der Waals surface area (Å²) in [6.07, 6.45) is 5.84. The number of carbonyl (C=O) groups is 1. The molecular formula is C29H29N7O2. The number of anilines is 1. The third kappa shape index (κ3) is 5.79. The second-order valence-electron chi connectivity index (χ2n) is 8.98. The van der Waals surface area contributed by atoms with Crippen LogP contribution in [0.2, 0.25) is 0 Å². The number of rotatable bonds is 10. The van der Waals surface area contributed by atoms with Crippen LogP contribution >= 0.6 is 0 Å². The summed E-state index contributed by atoms with van der Waals surface area (Å²) in [6, 6.07) is 21.4. The summed E-state index contributed by atoms with van der Waals surface area (Å²) >= 11 is 0. The molecule has 5 aromatic rings. The SMILES string of the molecule is NCc1cccc(-c2cnc(NCCc3ccccc3)c(=O)n2CC(=O)NCc2cc3cnccc3[nH]2)c1. The summed E-state index contributed by atoms with van der Waals surface area (Å²) in [5.41, 5.74) is 10.7. The fraction of sp³-hybridized carbons (Fsp3) is 0.172. The molecule has 0 aliphatic rings. The minimum absolute atomic E-state index is 0.154. The van der Waals surface area contributed by atoms with Crippen LogP contribution in [0.4, 0.5) is 5.82 Å². The molecule has 0 fully saturated rings. The van der Waals surface area contributed by atoms with Gasteiger partial charge in [0.25, 0.3) is 5.56 Å². The molecule has 0 atom stereocenters. The first-order valence-electron chi connectivity index (χ1n) is 12.5. The van der Waals surface area contributed by atoms with Gasteiger partial charge < -0.3 is 21.4 Å². The summed E-state index contributed by atoms with van der Waals surface area (Å²) < 4.78 is 1.46. The quantitative estimate of drug-likeness (QED) is 0.230. The number of nitrogens with one attached hydrogen (secondary N) is 3. The number of nitrogens with zero attached hydrogens (tertiary/aromatic N) is 3. The maximum Gasteiger partial charge on any atom is 0.294 e. The standard InChI is InChI=1S/C29H29N7O2/c30-15-21-7-4-8-22(13-21)26-18-34-28(32-12-9-20-5-2-1-3-6-20)29(38)36(26)19-27(37)33-17-24-14-23-16-31-11-10-25(23)35-24/h1-8,10-11,13-14,16,18,35H,9,12,15,17,19,30H2,(H,32,34)(H,33,37). The van der Waals surface area contributed by atoms with E-state index in [2.05, 4.69) is 25.6 Å². The zero-order valence-electron chi connectivity index (χ0n) is 20.9. The molecular weight excluding hydrogens is 478 g/mol. The fourth-order valence-corrected chi connectivity index (χ4v) is 4.34. The smallest absolute Gasteiger partial charge is 0.294 e. The van der Waals surface area contributed by atoms with Crippen molar-refractivity contribution in [3.8, 4) is 11.3 Å². The Hall–Kier alpha value is -4.76. The van der Waals surface area contributed by atoms with Crippen molar-refractivity contribution in [2.24, 2.45) is 5.73 Å². The summed E-state index contributed by atoms with van der Waals surface area (Å²) in [5.74, 6) is -0.0860. The van der Waals surface area contributed by atoms with Crippen molar-refractivity contribution in [3.63, 3.8) is 0 Å². The second-order valence-corrected chi connectivity index (χ2v) is 8.98. The highest BCUT2D eigenvalue weighted by atomic mass is 16.2. The Morgan fingerprint density at radius 3 is 2.66 bits per heavy atom. The monoisotopic (exact) mass is 507 g/mol. The Morgan fingerprint density at radius 1 is 1.00 bits per heavy atom. The van der Waals surface area contributed by atoms with Crippen molar-refractivity contribution in [3.05, 3.63) is 112 Å². The summed E-state index contributed by atoms with van der Waals surface area (Å²) in [4.78, 5) is 38.3. The number of carbonyl (C=O) groups excluding carboxylic acids is 1. The first-order valence-corrected chi connectivity index (χ1v) is 12.5. The number of hydrogen-bond donors (Lipinski definition) is 4. The molecule has 0 bridgehead atoms. The van der Waals surface area contributed by atoms with Crippen LogP contribution in [0, 0.1) is 0 Å². The van der Waals surface area contributed by atoms with Crippen molar-refractivity contribution in [1.82, 2.24) is 24.8 Å². The molecule has 38 heavy (non-hydrogen) atoms. The number of aromatic amines is 1. The zero-order chi connectivity index (χ0) is 26.3. The third-order valence-electron chi connectivity index (χ3n) is 6.32. The lowest BCUT2D eigenvalue weighted by Gasteiger charge is -2.15. The van der Waals surface area contributed by atoms with Gasteiger partial charge in [-0.15, -0.1) is 0 Å². The fourth-order valence-electron chi connectivity index (χ4n) is 4.34. The molecule has 3 aromatic heterocycles. The maximum atomic E-state index is 13.5. The van der Waals surface area contributed by atoms with E-state index < -0.39 is 0 Å². The molecule has 1 amide bonds. The van der Waals surface area contributed by atoms with Crippen LogP contribution in [0.3, 0.4) is 0 Å². The molecule has 0 unspecified atom stereocenters. The van der Waals surface area contributed by atoms with Crippen molar-refractivity contribution in [2.75, 3.05) is 11.9 Å². The molecule has 0 aliphatic carbocycles. The van der Waals surface area contributed by atoms with Gasteiger partial charge in [0, 0.05) is 47.6 Å². The van der Waals surface area contributed by atoms with Gasteiger partial charge in [0.15, 0.2) is 5.82 Å². The average Bonchev–Trinajstić information content (AvgIpc) is 3.38. The molecule has 5 N–H and O–H groups in total. The highest BCUT2D eigenvalue weighted by Gasteiger charge is 2.16. The molecule has 9 heteroatoms. The highest BCUT2D eigenvalue weighted by Crippen LogP contribution is 2.20. The van der Waals surface area contributed by atoms with E-state index in [-0.39, 0.29) is 23.8 Å². The van der Waals surface area contributed by atoms with Crippen molar-refractivity contribution in [1.29, 1.82) is 0 Å². The van der Waals surface area contributed by atoms with E-state index in [4.69, 9.17) is 5.73 Å². The summed E-state index contributed by atoms with van der Waals surface area (Å²) in [5, 5.41) is 7.02. The minimum Gasteiger partial charge on any atom is -0.365 e. The highest BCUT2D eigenvalue weighted by molar-refractivity contribution is 5.80. The Morgan fingerprint density at radius 2 is 1.84 bits per heavy atom. The van der Waals surface area contributed by atoms with Gasteiger partial charge in [0.2, 0.25) is 5.91 Å². The van der Waals surface area contributed by atoms with Crippen LogP contribution in [-0.2, 0) is 30.8 Å². The number of benzene rings is 2. The molecule has 9 nitrogen and oxygen atoms in total. The van der Waals surface area contributed by atoms with Gasteiger partial charge in [-0.3, -0.25) is 19.1 Å². The molecule has 5 rings (SSSR count). The van der Waals surface area contributed by atoms with Crippen LogP contribution in [-0.4, -0.2) is 32.0 Å². The number of H-pyrrole nitrogens is 1. The summed E-state index contributed by atoms with van der Waals surface area (Å²) in [6.45, 7) is 1.05. The van der Waals surface area contributed by atoms with Gasteiger partial charge >= 0.3 is 0 Å². The predicted molar refractivity (Wildman–Crippen MR) is 148 cm³/mol. The maximum absolute atomic E-state index is 13.5. The number of nitrogens with two attached hydrogens (primary N) is 1. The average molecular weight is 508 g/mol. The molecule has 2 aromatic carbocycles. The minimum atomic E-state index is -0.361. The van der Waals surface area contributed by atoms with E-state index in [1.165, 1.54) is 4.57 Å². The van der Waals surface area contributed by atoms with Crippen LogP contribution in [0.5, 0.6) is 0 Å². The third-order valence-corrected chi connectivity index (χ3v) is 6.32. The van der Waals surface area contributed by atoms with Gasteiger partial charge in [0.05, 0.1) is 18.4 Å². The predicted octanol–water partition coefficient (Wildman–Crippen LogP) is 3.22. The first kappa shape index (κ1) is 24.9. The number of fused-ring (bicyclic) bond motifs is 1. The Kier molecular flexibility index (Phi) is 7.56. The molecule has 0 saturated heterocycles. The van der Waals surface area contributed by atoms with Gasteiger partial charge in [-0.2, -0.15) is 0 Å². The number of hydrogen-bond acceptors (Lipinski definition) is 6. The Bertz CT molecular complexity index is 1580. The first-order chi connectivity index (χ1) is 18.6. The van der Waals surface area contributed by atoms with Gasteiger partial charge in [0.1, 0.15) is 6.54 Å². The van der Waals surface area contributed by atoms with Gasteiger partial charge in [-0.05, 0) is 35.7 Å². The molecule has 0 radical (unpaired) electrons. The van der Waals surface area contributed by atoms with E-state index in [1.54, 1.807) is 18.6 Å². The van der Waals surface area contributed by atoms with Crippen molar-refractivity contribution < 1.29 is 4.79 Å². The lowest BCUT2D eigenvalue weighted by molar-refractivity contribution is -0.121. The molecule has 192 valence electrons. The van der Waals surface area contributed by atoms with Crippen molar-refractivity contribution >= 4 is 22.6 Å². The molecule has 0 spiro atoms. The molecule has 0 saturated carbocycles. The second kappa shape index (κ2) is 11.5. The van der Waals surface area contributed by atoms with Gasteiger partial charge in [-0.25, -0.2) is 4.98 Å². The van der Waals surface area contributed by atoms with E-state index >= 15 is 0 Å². The van der Waals surface area contributed by atoms with E-state index in [0.29, 0.717) is 25.3 Å².